The molecule has 1 aromatic rings. The van der Waals surface area contributed by atoms with E-state index >= 15 is 0 Å². The quantitative estimate of drug-likeness (QED) is 0.586. The number of nitrogens with zero attached hydrogens (tertiary/aromatic N) is 1. The normalized spacial score (nSPS) is 38.5. The maximum Gasteiger partial charge on any atom is 0.0567 e. The number of hydrogen-bond acceptors (Lipinski definition) is 2. The smallest absolute Gasteiger partial charge is 0.0567 e. The monoisotopic (exact) mass is 226 g/mol. The van der Waals surface area contributed by atoms with Gasteiger partial charge in [-0.15, -0.1) is 0 Å². The fraction of sp³-hybridized carbons (Fsp3) is 0.467. The second kappa shape index (κ2) is 3.36. The number of fused-ring (bicyclic) bond motifs is 2. The van der Waals surface area contributed by atoms with Gasteiger partial charge in [0.1, 0.15) is 0 Å². The van der Waals surface area contributed by atoms with Gasteiger partial charge in [-0.2, -0.15) is 0 Å². The minimum atomic E-state index is 0.400. The van der Waals surface area contributed by atoms with Crippen LogP contribution in [0.2, 0.25) is 0 Å². The van der Waals surface area contributed by atoms with E-state index in [1.165, 1.54) is 31.6 Å². The van der Waals surface area contributed by atoms with Crippen molar-refractivity contribution in [3.05, 3.63) is 42.5 Å². The molecule has 17 heavy (non-hydrogen) atoms. The summed E-state index contributed by atoms with van der Waals surface area (Å²) in [5.74, 6) is 0.719. The minimum absolute atomic E-state index is 0.400. The van der Waals surface area contributed by atoms with Gasteiger partial charge < -0.3 is 10.2 Å². The van der Waals surface area contributed by atoms with Crippen molar-refractivity contribution in [1.82, 2.24) is 5.32 Å². The Morgan fingerprint density at radius 2 is 2.06 bits per heavy atom. The lowest BCUT2D eigenvalue weighted by Crippen LogP contribution is -2.33. The lowest BCUT2D eigenvalue weighted by Gasteiger charge is -2.30. The Morgan fingerprint density at radius 1 is 1.24 bits per heavy atom. The van der Waals surface area contributed by atoms with Crippen molar-refractivity contribution in [3.63, 3.8) is 0 Å². The second-order valence-corrected chi connectivity index (χ2v) is 5.57. The summed E-state index contributed by atoms with van der Waals surface area (Å²) in [5.41, 5.74) is 1.79. The lowest BCUT2D eigenvalue weighted by molar-refractivity contribution is 0.457. The summed E-state index contributed by atoms with van der Waals surface area (Å²) in [6.45, 7) is 2.37. The molecule has 0 unspecified atom stereocenters. The Balaban J connectivity index is 1.72. The van der Waals surface area contributed by atoms with Crippen LogP contribution in [0, 0.1) is 5.92 Å². The van der Waals surface area contributed by atoms with Crippen molar-refractivity contribution in [3.8, 4) is 0 Å². The van der Waals surface area contributed by atoms with Crippen LogP contribution < -0.4 is 10.2 Å². The van der Waals surface area contributed by atoms with Crippen LogP contribution in [0.5, 0.6) is 0 Å². The number of hydrogen-bond donors (Lipinski definition) is 1. The van der Waals surface area contributed by atoms with E-state index in [0.717, 1.165) is 5.92 Å². The predicted octanol–water partition coefficient (Wildman–Crippen LogP) is 2.18. The highest BCUT2D eigenvalue weighted by molar-refractivity contribution is 5.52. The summed E-state index contributed by atoms with van der Waals surface area (Å²) in [6, 6.07) is 11.6. The van der Waals surface area contributed by atoms with E-state index in [4.69, 9.17) is 0 Å². The third kappa shape index (κ3) is 1.37. The molecule has 1 spiro atoms. The zero-order valence-electron chi connectivity index (χ0n) is 9.97. The van der Waals surface area contributed by atoms with Crippen molar-refractivity contribution >= 4 is 5.69 Å². The van der Waals surface area contributed by atoms with Crippen molar-refractivity contribution in [2.75, 3.05) is 18.0 Å². The molecule has 2 nitrogen and oxygen atoms in total. The van der Waals surface area contributed by atoms with Crippen molar-refractivity contribution in [1.29, 1.82) is 0 Å². The maximum absolute atomic E-state index is 3.62. The molecule has 88 valence electrons. The highest BCUT2D eigenvalue weighted by atomic mass is 15.3. The van der Waals surface area contributed by atoms with E-state index in [2.05, 4.69) is 52.7 Å². The molecule has 0 saturated carbocycles. The van der Waals surface area contributed by atoms with Gasteiger partial charge in [0.2, 0.25) is 0 Å². The van der Waals surface area contributed by atoms with E-state index in [1.807, 2.05) is 0 Å². The lowest BCUT2D eigenvalue weighted by atomic mass is 9.84. The molecular weight excluding hydrogens is 208 g/mol. The Labute approximate surface area is 102 Å². The van der Waals surface area contributed by atoms with Crippen molar-refractivity contribution in [2.24, 2.45) is 5.92 Å². The molecule has 0 aromatic heterocycles. The molecule has 0 amide bonds. The van der Waals surface area contributed by atoms with E-state index in [0.29, 0.717) is 11.6 Å². The molecule has 0 radical (unpaired) electrons. The fourth-order valence-electron chi connectivity index (χ4n) is 3.61. The number of rotatable bonds is 1. The van der Waals surface area contributed by atoms with Gasteiger partial charge in [-0.25, -0.2) is 0 Å². The SMILES string of the molecule is C1=C[C@H]2[C@@H](CC1)N(c1ccccc1)C[C@]21CN1. The summed E-state index contributed by atoms with van der Waals surface area (Å²) >= 11 is 0. The third-order valence-electron chi connectivity index (χ3n) is 4.60. The molecule has 3 aliphatic rings. The standard InChI is InChI=1S/C15H18N2/c1-2-6-12(7-3-1)17-11-15(10-16-15)13-8-4-5-9-14(13)17/h1-4,6-8,13-14,16H,5,9-11H2/t13-,14+,15+/m0/s1. The summed E-state index contributed by atoms with van der Waals surface area (Å²) < 4.78 is 0. The molecule has 1 N–H and O–H groups in total. The number of nitrogens with one attached hydrogen (secondary N) is 1. The first-order valence-corrected chi connectivity index (χ1v) is 6.62. The Hall–Kier alpha value is -1.28. The summed E-state index contributed by atoms with van der Waals surface area (Å²) in [5, 5.41) is 3.62. The molecule has 2 heteroatoms. The van der Waals surface area contributed by atoms with Crippen LogP contribution in [-0.4, -0.2) is 24.7 Å². The van der Waals surface area contributed by atoms with Crippen LogP contribution in [0.25, 0.3) is 0 Å². The number of benzene rings is 1. The van der Waals surface area contributed by atoms with Crippen molar-refractivity contribution in [2.45, 2.75) is 24.4 Å². The van der Waals surface area contributed by atoms with E-state index in [-0.39, 0.29) is 0 Å². The summed E-state index contributed by atoms with van der Waals surface area (Å²) in [6.07, 6.45) is 7.37. The number of allylic oxidation sites excluding steroid dienone is 1. The molecule has 3 atom stereocenters. The highest BCUT2D eigenvalue weighted by Gasteiger charge is 2.58. The van der Waals surface area contributed by atoms with Crippen LogP contribution in [-0.2, 0) is 0 Å². The summed E-state index contributed by atoms with van der Waals surface area (Å²) in [7, 11) is 0. The molecule has 1 aliphatic carbocycles. The maximum atomic E-state index is 3.62. The Kier molecular flexibility index (Phi) is 1.92. The number of para-hydroxylation sites is 1. The molecule has 1 aromatic carbocycles. The Morgan fingerprint density at radius 3 is 2.82 bits per heavy atom. The van der Waals surface area contributed by atoms with Crippen LogP contribution in [0.3, 0.4) is 0 Å². The topological polar surface area (TPSA) is 25.2 Å². The van der Waals surface area contributed by atoms with E-state index < -0.39 is 0 Å². The van der Waals surface area contributed by atoms with Gasteiger partial charge >= 0.3 is 0 Å². The average Bonchev–Trinajstić information content (AvgIpc) is 3.10. The summed E-state index contributed by atoms with van der Waals surface area (Å²) in [4.78, 5) is 2.62. The van der Waals surface area contributed by atoms with Gasteiger partial charge in [-0.05, 0) is 25.0 Å². The zero-order chi connectivity index (χ0) is 11.3. The van der Waals surface area contributed by atoms with Gasteiger partial charge in [0.15, 0.2) is 0 Å². The second-order valence-electron chi connectivity index (χ2n) is 5.57. The third-order valence-corrected chi connectivity index (χ3v) is 4.60. The van der Waals surface area contributed by atoms with Gasteiger partial charge in [-0.3, -0.25) is 0 Å². The van der Waals surface area contributed by atoms with E-state index in [9.17, 15) is 0 Å². The molecule has 4 rings (SSSR count). The van der Waals surface area contributed by atoms with Crippen LogP contribution in [0.1, 0.15) is 12.8 Å². The Bertz CT molecular complexity index is 447. The highest BCUT2D eigenvalue weighted by Crippen LogP contribution is 2.45. The van der Waals surface area contributed by atoms with Gasteiger partial charge in [-0.1, -0.05) is 30.4 Å². The van der Waals surface area contributed by atoms with Gasteiger partial charge in [0.25, 0.3) is 0 Å². The van der Waals surface area contributed by atoms with Gasteiger partial charge in [0.05, 0.1) is 5.54 Å². The van der Waals surface area contributed by atoms with Crippen LogP contribution >= 0.6 is 0 Å². The first kappa shape index (κ1) is 9.72. The van der Waals surface area contributed by atoms with Crippen molar-refractivity contribution < 1.29 is 0 Å². The largest absolute Gasteiger partial charge is 0.366 e. The molecule has 2 fully saturated rings. The van der Waals surface area contributed by atoms with E-state index in [1.54, 1.807) is 0 Å². The van der Waals surface area contributed by atoms with Gasteiger partial charge in [0, 0.05) is 30.7 Å². The molecular formula is C15H18N2. The fourth-order valence-corrected chi connectivity index (χ4v) is 3.61. The van der Waals surface area contributed by atoms with Crippen LogP contribution in [0.15, 0.2) is 42.5 Å². The predicted molar refractivity (Wildman–Crippen MR) is 70.2 cm³/mol. The zero-order valence-corrected chi connectivity index (χ0v) is 9.97. The minimum Gasteiger partial charge on any atom is -0.366 e. The molecule has 2 aliphatic heterocycles. The average molecular weight is 226 g/mol. The molecule has 2 heterocycles. The first-order valence-electron chi connectivity index (χ1n) is 6.62. The van der Waals surface area contributed by atoms with Crippen LogP contribution in [0.4, 0.5) is 5.69 Å². The first-order chi connectivity index (χ1) is 8.39. The molecule has 2 saturated heterocycles. The molecule has 0 bridgehead atoms. The number of anilines is 1.